The van der Waals surface area contributed by atoms with Crippen LogP contribution in [0.3, 0.4) is 0 Å². The van der Waals surface area contributed by atoms with E-state index in [1.54, 1.807) is 0 Å². The van der Waals surface area contributed by atoms with Crippen molar-refractivity contribution in [2.45, 2.75) is 66.8 Å². The maximum atomic E-state index is 4.14. The SMILES string of the molecule is C=CC1=C(/C=C\C)C(C)(C)c2cc(-c3ccc(N(c4ccccc4C)c4ccccc4C(NC)c4ccccc4)cc3)ccc21.CC.CC. The van der Waals surface area contributed by atoms with Crippen molar-refractivity contribution in [1.29, 1.82) is 0 Å². The van der Waals surface area contributed by atoms with Crippen LogP contribution < -0.4 is 10.2 Å². The first kappa shape index (κ1) is 36.9. The Morgan fingerprint density at radius 3 is 1.92 bits per heavy atom. The highest BCUT2D eigenvalue weighted by Crippen LogP contribution is 2.48. The molecule has 6 rings (SSSR count). The van der Waals surface area contributed by atoms with Crippen LogP contribution in [0.2, 0.25) is 0 Å². The molecule has 0 aromatic heterocycles. The molecular weight excluding hydrogens is 593 g/mol. The number of rotatable bonds is 9. The smallest absolute Gasteiger partial charge is 0.0595 e. The minimum Gasteiger partial charge on any atom is -0.310 e. The van der Waals surface area contributed by atoms with Crippen molar-refractivity contribution >= 4 is 22.6 Å². The van der Waals surface area contributed by atoms with E-state index in [0.29, 0.717) is 0 Å². The van der Waals surface area contributed by atoms with Gasteiger partial charge in [0.2, 0.25) is 0 Å². The molecule has 0 amide bonds. The first-order valence-electron chi connectivity index (χ1n) is 17.8. The van der Waals surface area contributed by atoms with Crippen LogP contribution in [0.25, 0.3) is 16.7 Å². The molecule has 0 heterocycles. The topological polar surface area (TPSA) is 15.3 Å². The van der Waals surface area contributed by atoms with E-state index in [2.05, 4.69) is 178 Å². The van der Waals surface area contributed by atoms with Gasteiger partial charge >= 0.3 is 0 Å². The Labute approximate surface area is 296 Å². The number of allylic oxidation sites excluding steroid dienone is 5. The van der Waals surface area contributed by atoms with Gasteiger partial charge in [-0.15, -0.1) is 0 Å². The van der Waals surface area contributed by atoms with E-state index >= 15 is 0 Å². The lowest BCUT2D eigenvalue weighted by Crippen LogP contribution is -2.21. The van der Waals surface area contributed by atoms with Crippen LogP contribution in [0.5, 0.6) is 0 Å². The van der Waals surface area contributed by atoms with Crippen LogP contribution in [0.4, 0.5) is 17.1 Å². The zero-order valence-electron chi connectivity index (χ0n) is 31.0. The van der Waals surface area contributed by atoms with Crippen molar-refractivity contribution in [2.75, 3.05) is 11.9 Å². The summed E-state index contributed by atoms with van der Waals surface area (Å²) in [6, 6.07) is 44.0. The molecule has 1 N–H and O–H groups in total. The minimum atomic E-state index is -0.0880. The summed E-state index contributed by atoms with van der Waals surface area (Å²) in [5.74, 6) is 0. The third-order valence-corrected chi connectivity index (χ3v) is 9.21. The molecule has 0 spiro atoms. The first-order chi connectivity index (χ1) is 23.9. The third kappa shape index (κ3) is 7.41. The Morgan fingerprint density at radius 2 is 1.31 bits per heavy atom. The lowest BCUT2D eigenvalue weighted by molar-refractivity contribution is 0.654. The highest BCUT2D eigenvalue weighted by molar-refractivity contribution is 5.89. The Hall–Kier alpha value is -4.92. The van der Waals surface area contributed by atoms with Gasteiger partial charge in [-0.1, -0.05) is 157 Å². The van der Waals surface area contributed by atoms with Gasteiger partial charge in [0.15, 0.2) is 0 Å². The van der Waals surface area contributed by atoms with Gasteiger partial charge in [0.05, 0.1) is 11.7 Å². The number of nitrogens with one attached hydrogen (secondary N) is 1. The maximum Gasteiger partial charge on any atom is 0.0595 e. The van der Waals surface area contributed by atoms with Crippen molar-refractivity contribution in [3.05, 3.63) is 180 Å². The molecule has 1 aliphatic rings. The van der Waals surface area contributed by atoms with Gasteiger partial charge in [0.1, 0.15) is 0 Å². The third-order valence-electron chi connectivity index (χ3n) is 9.21. The molecule has 0 fully saturated rings. The molecule has 1 unspecified atom stereocenters. The average Bonchev–Trinajstić information content (AvgIpc) is 3.37. The van der Waals surface area contributed by atoms with Crippen LogP contribution in [-0.4, -0.2) is 7.05 Å². The zero-order chi connectivity index (χ0) is 35.6. The lowest BCUT2D eigenvalue weighted by atomic mass is 9.80. The molecule has 5 aromatic carbocycles. The monoisotopic (exact) mass is 646 g/mol. The number of fused-ring (bicyclic) bond motifs is 1. The molecular formula is C47H54N2. The van der Waals surface area contributed by atoms with Crippen LogP contribution in [0.1, 0.15) is 82.3 Å². The molecule has 0 saturated carbocycles. The maximum absolute atomic E-state index is 4.14. The van der Waals surface area contributed by atoms with E-state index < -0.39 is 0 Å². The predicted octanol–water partition coefficient (Wildman–Crippen LogP) is 13.3. The van der Waals surface area contributed by atoms with Crippen molar-refractivity contribution < 1.29 is 0 Å². The molecule has 0 radical (unpaired) electrons. The number of nitrogens with zero attached hydrogens (tertiary/aromatic N) is 1. The van der Waals surface area contributed by atoms with E-state index in [0.717, 1.165) is 11.4 Å². The Kier molecular flexibility index (Phi) is 12.8. The summed E-state index contributed by atoms with van der Waals surface area (Å²) >= 11 is 0. The number of hydrogen-bond acceptors (Lipinski definition) is 2. The van der Waals surface area contributed by atoms with Crippen molar-refractivity contribution in [2.24, 2.45) is 0 Å². The number of hydrogen-bond donors (Lipinski definition) is 1. The summed E-state index contributed by atoms with van der Waals surface area (Å²) in [4.78, 5) is 2.40. The standard InChI is InChI=1S/C43H42N2.2C2H6/c1-7-16-38-35(8-2)36-28-25-33(29-39(36)43(38,4)5)31-23-26-34(27-24-31)45(40-21-14-12-17-30(40)3)41-22-15-13-20-37(41)42(44-6)32-18-10-9-11-19-32;2*1-2/h7-29,42,44H,2H2,1,3-6H3;2*1-2H3/b16-7-;;. The summed E-state index contributed by atoms with van der Waals surface area (Å²) in [6.45, 7) is 21.0. The quantitative estimate of drug-likeness (QED) is 0.171. The van der Waals surface area contributed by atoms with Crippen LogP contribution in [0.15, 0.2) is 152 Å². The molecule has 0 aliphatic heterocycles. The van der Waals surface area contributed by atoms with E-state index in [-0.39, 0.29) is 11.5 Å². The highest BCUT2D eigenvalue weighted by Gasteiger charge is 2.35. The fourth-order valence-corrected chi connectivity index (χ4v) is 6.89. The van der Waals surface area contributed by atoms with Gasteiger partial charge in [0, 0.05) is 16.8 Å². The van der Waals surface area contributed by atoms with Crippen molar-refractivity contribution in [3.8, 4) is 11.1 Å². The number of para-hydroxylation sites is 2. The van der Waals surface area contributed by atoms with Gasteiger partial charge in [0.25, 0.3) is 0 Å². The average molecular weight is 647 g/mol. The molecule has 49 heavy (non-hydrogen) atoms. The molecule has 5 aromatic rings. The van der Waals surface area contributed by atoms with Gasteiger partial charge in [-0.3, -0.25) is 0 Å². The first-order valence-corrected chi connectivity index (χ1v) is 17.8. The fraction of sp³-hybridized carbons (Fsp3) is 0.234. The van der Waals surface area contributed by atoms with Gasteiger partial charge in [-0.25, -0.2) is 0 Å². The zero-order valence-corrected chi connectivity index (χ0v) is 31.0. The number of anilines is 3. The number of aryl methyl sites for hydroxylation is 1. The Balaban J connectivity index is 0.00000130. The second kappa shape index (κ2) is 17.0. The minimum absolute atomic E-state index is 0.0458. The van der Waals surface area contributed by atoms with E-state index in [1.807, 2.05) is 40.8 Å². The largest absolute Gasteiger partial charge is 0.310 e. The molecule has 2 nitrogen and oxygen atoms in total. The van der Waals surface area contributed by atoms with Gasteiger partial charge in [-0.2, -0.15) is 0 Å². The fourth-order valence-electron chi connectivity index (χ4n) is 6.89. The normalized spacial score (nSPS) is 13.5. The van der Waals surface area contributed by atoms with Gasteiger partial charge in [-0.05, 0) is 101 Å². The summed E-state index contributed by atoms with van der Waals surface area (Å²) in [6.07, 6.45) is 6.37. The van der Waals surface area contributed by atoms with Crippen molar-refractivity contribution in [1.82, 2.24) is 5.32 Å². The van der Waals surface area contributed by atoms with Crippen LogP contribution >= 0.6 is 0 Å². The molecule has 1 atom stereocenters. The predicted molar refractivity (Wildman–Crippen MR) is 216 cm³/mol. The van der Waals surface area contributed by atoms with Crippen molar-refractivity contribution in [3.63, 3.8) is 0 Å². The van der Waals surface area contributed by atoms with Crippen LogP contribution in [-0.2, 0) is 5.41 Å². The summed E-state index contributed by atoms with van der Waals surface area (Å²) in [5.41, 5.74) is 14.6. The Morgan fingerprint density at radius 1 is 0.714 bits per heavy atom. The molecule has 0 bridgehead atoms. The Bertz CT molecular complexity index is 1890. The van der Waals surface area contributed by atoms with E-state index in [1.165, 1.54) is 55.8 Å². The van der Waals surface area contributed by atoms with E-state index in [4.69, 9.17) is 0 Å². The molecule has 0 saturated heterocycles. The summed E-state index contributed by atoms with van der Waals surface area (Å²) in [5, 5.41) is 3.58. The van der Waals surface area contributed by atoms with Gasteiger partial charge < -0.3 is 10.2 Å². The second-order valence-corrected chi connectivity index (χ2v) is 12.3. The lowest BCUT2D eigenvalue weighted by Gasteiger charge is -2.31. The summed E-state index contributed by atoms with van der Waals surface area (Å²) < 4.78 is 0. The van der Waals surface area contributed by atoms with E-state index in [9.17, 15) is 0 Å². The molecule has 252 valence electrons. The summed E-state index contributed by atoms with van der Waals surface area (Å²) in [7, 11) is 2.04. The number of benzene rings is 5. The second-order valence-electron chi connectivity index (χ2n) is 12.3. The highest BCUT2D eigenvalue weighted by atomic mass is 15.1. The molecule has 1 aliphatic carbocycles. The van der Waals surface area contributed by atoms with Crippen LogP contribution in [0, 0.1) is 6.92 Å². The molecule has 2 heteroatoms.